The number of amides is 1. The van der Waals surface area contributed by atoms with Crippen LogP contribution in [0, 0.1) is 6.92 Å². The summed E-state index contributed by atoms with van der Waals surface area (Å²) < 4.78 is 11.8. The van der Waals surface area contributed by atoms with Crippen molar-refractivity contribution in [3.05, 3.63) is 35.2 Å². The smallest absolute Gasteiger partial charge is 0.274 e. The Bertz CT molecular complexity index is 952. The first-order valence-corrected chi connectivity index (χ1v) is 10.6. The number of aryl methyl sites for hydroxylation is 1. The first kappa shape index (κ1) is 19.4. The van der Waals surface area contributed by atoms with Gasteiger partial charge in [-0.25, -0.2) is 15.0 Å². The van der Waals surface area contributed by atoms with E-state index in [0.717, 1.165) is 42.4 Å². The number of fused-ring (bicyclic) bond motifs is 2. The fraction of sp³-hybridized carbons (Fsp3) is 0.619. The third-order valence-electron chi connectivity index (χ3n) is 6.37. The first-order valence-electron chi connectivity index (χ1n) is 10.6. The molecule has 1 spiro atoms. The number of rotatable bonds is 2. The number of hydrogen-bond donors (Lipinski definition) is 1. The van der Waals surface area contributed by atoms with Crippen LogP contribution >= 0.6 is 0 Å². The fourth-order valence-corrected chi connectivity index (χ4v) is 4.96. The Morgan fingerprint density at radius 1 is 1.27 bits per heavy atom. The highest BCUT2D eigenvalue weighted by atomic mass is 16.5. The molecule has 3 aliphatic rings. The van der Waals surface area contributed by atoms with E-state index in [1.807, 2.05) is 18.0 Å². The van der Waals surface area contributed by atoms with Crippen molar-refractivity contribution in [2.45, 2.75) is 51.4 Å². The number of aromatic amines is 1. The summed E-state index contributed by atoms with van der Waals surface area (Å²) >= 11 is 0. The van der Waals surface area contributed by atoms with Gasteiger partial charge in [0.05, 0.1) is 42.9 Å². The van der Waals surface area contributed by atoms with Crippen molar-refractivity contribution in [3.8, 4) is 0 Å². The van der Waals surface area contributed by atoms with Gasteiger partial charge in [-0.2, -0.15) is 0 Å². The number of likely N-dealkylation sites (tertiary alicyclic amines) is 1. The van der Waals surface area contributed by atoms with E-state index in [2.05, 4.69) is 33.7 Å². The molecule has 2 fully saturated rings. The molecule has 160 valence electrons. The van der Waals surface area contributed by atoms with Crippen LogP contribution in [0.3, 0.4) is 0 Å². The van der Waals surface area contributed by atoms with E-state index >= 15 is 0 Å². The summed E-state index contributed by atoms with van der Waals surface area (Å²) in [6.07, 6.45) is 4.56. The molecule has 2 saturated heterocycles. The summed E-state index contributed by atoms with van der Waals surface area (Å²) in [5.74, 6) is 0.702. The van der Waals surface area contributed by atoms with E-state index in [1.54, 1.807) is 6.33 Å². The zero-order valence-electron chi connectivity index (χ0n) is 17.7. The lowest BCUT2D eigenvalue weighted by molar-refractivity contribution is -0.00584. The highest BCUT2D eigenvalue weighted by molar-refractivity contribution is 5.93. The van der Waals surface area contributed by atoms with E-state index in [-0.39, 0.29) is 23.5 Å². The molecule has 5 rings (SSSR count). The van der Waals surface area contributed by atoms with Crippen LogP contribution in [0.5, 0.6) is 0 Å². The predicted octanol–water partition coefficient (Wildman–Crippen LogP) is 1.44. The molecule has 0 unspecified atom stereocenters. The van der Waals surface area contributed by atoms with Gasteiger partial charge in [0, 0.05) is 43.6 Å². The van der Waals surface area contributed by atoms with Gasteiger partial charge in [0.1, 0.15) is 5.69 Å². The van der Waals surface area contributed by atoms with Crippen LogP contribution in [0.4, 0.5) is 5.95 Å². The predicted molar refractivity (Wildman–Crippen MR) is 109 cm³/mol. The van der Waals surface area contributed by atoms with Crippen molar-refractivity contribution in [1.29, 1.82) is 0 Å². The maximum Gasteiger partial charge on any atom is 0.274 e. The quantitative estimate of drug-likeness (QED) is 0.797. The SMILES string of the molecule is Cc1[nH]cnc1C(=O)N1CC[C@@]2(COCc3cnc(N4C[C@@H](C)O[C@H](C)C4)nc32)C1. The number of morpholine rings is 1. The second-order valence-corrected chi connectivity index (χ2v) is 8.83. The minimum atomic E-state index is -0.297. The van der Waals surface area contributed by atoms with Gasteiger partial charge in [0.25, 0.3) is 5.91 Å². The Labute approximate surface area is 175 Å². The standard InChI is InChI=1S/C21H28N6O3/c1-13-7-27(8-14(2)30-13)20-22-6-16-9-29-11-21(18(16)25-20)4-5-26(10-21)19(28)17-15(3)23-12-24-17/h6,12-14H,4-5,7-11H2,1-3H3,(H,23,24)/t13-,14-,21+/m1/s1. The van der Waals surface area contributed by atoms with Crippen LogP contribution in [0.25, 0.3) is 0 Å². The molecule has 9 heteroatoms. The van der Waals surface area contributed by atoms with Gasteiger partial charge in [-0.15, -0.1) is 0 Å². The summed E-state index contributed by atoms with van der Waals surface area (Å²) in [6.45, 7) is 9.90. The Hall–Kier alpha value is -2.52. The number of carbonyl (C=O) groups is 1. The van der Waals surface area contributed by atoms with Gasteiger partial charge in [-0.1, -0.05) is 0 Å². The van der Waals surface area contributed by atoms with Crippen LogP contribution in [-0.2, 0) is 21.5 Å². The molecule has 0 saturated carbocycles. The number of nitrogens with one attached hydrogen (secondary N) is 1. The number of anilines is 1. The average Bonchev–Trinajstić information content (AvgIpc) is 3.34. The number of hydrogen-bond acceptors (Lipinski definition) is 7. The van der Waals surface area contributed by atoms with Crippen LogP contribution in [-0.4, -0.2) is 75.7 Å². The van der Waals surface area contributed by atoms with Crippen molar-refractivity contribution >= 4 is 11.9 Å². The highest BCUT2D eigenvalue weighted by Crippen LogP contribution is 2.40. The van der Waals surface area contributed by atoms with E-state index in [0.29, 0.717) is 32.0 Å². The fourth-order valence-electron chi connectivity index (χ4n) is 4.96. The molecule has 2 aromatic rings. The Balaban J connectivity index is 1.43. The lowest BCUT2D eigenvalue weighted by atomic mass is 9.80. The van der Waals surface area contributed by atoms with Crippen molar-refractivity contribution in [3.63, 3.8) is 0 Å². The molecule has 3 aliphatic heterocycles. The minimum absolute atomic E-state index is 0.0390. The largest absolute Gasteiger partial charge is 0.376 e. The van der Waals surface area contributed by atoms with Gasteiger partial charge in [-0.05, 0) is 27.2 Å². The molecular formula is C21H28N6O3. The third-order valence-corrected chi connectivity index (χ3v) is 6.37. The maximum absolute atomic E-state index is 13.0. The van der Waals surface area contributed by atoms with Gasteiger partial charge in [0.2, 0.25) is 5.95 Å². The lowest BCUT2D eigenvalue weighted by Crippen LogP contribution is -2.47. The zero-order valence-corrected chi connectivity index (χ0v) is 17.7. The lowest BCUT2D eigenvalue weighted by Gasteiger charge is -2.38. The second kappa shape index (κ2) is 7.31. The maximum atomic E-state index is 13.0. The van der Waals surface area contributed by atoms with E-state index < -0.39 is 0 Å². The average molecular weight is 412 g/mol. The van der Waals surface area contributed by atoms with Crippen molar-refractivity contribution in [1.82, 2.24) is 24.8 Å². The Kier molecular flexibility index (Phi) is 4.74. The number of imidazole rings is 1. The monoisotopic (exact) mass is 412 g/mol. The molecule has 0 bridgehead atoms. The normalized spacial score (nSPS) is 28.8. The van der Waals surface area contributed by atoms with Gasteiger partial charge in [-0.3, -0.25) is 4.79 Å². The van der Waals surface area contributed by atoms with Crippen LogP contribution in [0.1, 0.15) is 47.7 Å². The van der Waals surface area contributed by atoms with Crippen molar-refractivity contribution in [2.24, 2.45) is 0 Å². The Morgan fingerprint density at radius 2 is 2.07 bits per heavy atom. The number of carbonyl (C=O) groups excluding carboxylic acids is 1. The molecule has 30 heavy (non-hydrogen) atoms. The molecule has 0 radical (unpaired) electrons. The minimum Gasteiger partial charge on any atom is -0.376 e. The van der Waals surface area contributed by atoms with Crippen molar-refractivity contribution in [2.75, 3.05) is 37.7 Å². The number of ether oxygens (including phenoxy) is 2. The summed E-state index contributed by atoms with van der Waals surface area (Å²) in [5.41, 5.74) is 3.03. The van der Waals surface area contributed by atoms with E-state index in [9.17, 15) is 4.79 Å². The molecule has 2 aromatic heterocycles. The first-order chi connectivity index (χ1) is 14.4. The molecule has 9 nitrogen and oxygen atoms in total. The summed E-state index contributed by atoms with van der Waals surface area (Å²) in [4.78, 5) is 33.9. The van der Waals surface area contributed by atoms with Crippen LogP contribution < -0.4 is 4.90 Å². The molecule has 0 aliphatic carbocycles. The zero-order chi connectivity index (χ0) is 20.9. The summed E-state index contributed by atoms with van der Waals surface area (Å²) in [6, 6.07) is 0. The van der Waals surface area contributed by atoms with Gasteiger partial charge >= 0.3 is 0 Å². The van der Waals surface area contributed by atoms with E-state index in [4.69, 9.17) is 14.5 Å². The molecular weight excluding hydrogens is 384 g/mol. The number of H-pyrrole nitrogens is 1. The van der Waals surface area contributed by atoms with Crippen molar-refractivity contribution < 1.29 is 14.3 Å². The van der Waals surface area contributed by atoms with Gasteiger partial charge in [0.15, 0.2) is 0 Å². The summed E-state index contributed by atoms with van der Waals surface area (Å²) in [7, 11) is 0. The molecule has 5 heterocycles. The third kappa shape index (κ3) is 3.26. The van der Waals surface area contributed by atoms with Crippen LogP contribution in [0.2, 0.25) is 0 Å². The molecule has 3 atom stereocenters. The molecule has 1 N–H and O–H groups in total. The molecule has 1 amide bonds. The number of aromatic nitrogens is 4. The van der Waals surface area contributed by atoms with Gasteiger partial charge < -0.3 is 24.3 Å². The second-order valence-electron chi connectivity index (χ2n) is 8.83. The Morgan fingerprint density at radius 3 is 2.80 bits per heavy atom. The van der Waals surface area contributed by atoms with Crippen LogP contribution in [0.15, 0.2) is 12.5 Å². The highest BCUT2D eigenvalue weighted by Gasteiger charge is 2.47. The number of nitrogens with zero attached hydrogens (tertiary/aromatic N) is 5. The summed E-state index contributed by atoms with van der Waals surface area (Å²) in [5, 5.41) is 0. The molecule has 0 aromatic carbocycles. The van der Waals surface area contributed by atoms with E-state index in [1.165, 1.54) is 0 Å². The topological polar surface area (TPSA) is 96.5 Å².